The topological polar surface area (TPSA) is 68.4 Å². The van der Waals surface area contributed by atoms with Crippen LogP contribution in [-0.2, 0) is 11.3 Å². The third kappa shape index (κ3) is 4.23. The van der Waals surface area contributed by atoms with Gasteiger partial charge in [-0.1, -0.05) is 65.9 Å². The summed E-state index contributed by atoms with van der Waals surface area (Å²) in [7, 11) is 0. The minimum atomic E-state index is -0.478. The van der Waals surface area contributed by atoms with Crippen molar-refractivity contribution in [3.8, 4) is 0 Å². The number of para-hydroxylation sites is 1. The molecule has 0 bridgehead atoms. The van der Waals surface area contributed by atoms with Gasteiger partial charge in [0.2, 0.25) is 0 Å². The number of carbonyl (C=O) groups excluding carboxylic acids is 1. The number of hydrogen-bond acceptors (Lipinski definition) is 5. The number of nitrogens with zero attached hydrogens (tertiary/aromatic N) is 3. The monoisotopic (exact) mass is 505 g/mol. The first-order valence-corrected chi connectivity index (χ1v) is 11.9. The molecule has 1 aliphatic rings. The van der Waals surface area contributed by atoms with Crippen LogP contribution in [0.25, 0.3) is 17.0 Å². The highest BCUT2D eigenvalue weighted by molar-refractivity contribution is 8.27. The van der Waals surface area contributed by atoms with Gasteiger partial charge in [-0.05, 0) is 42.0 Å². The SMILES string of the molecule is O=C1/C(=C\c2cn(Cc3ccc(Cl)cc3)c3ccccc23)SC(=S)N1c1ccc([N+](=O)[O-])cc1. The Bertz CT molecular complexity index is 1480. The maximum atomic E-state index is 13.2. The maximum absolute atomic E-state index is 13.2. The number of hydrogen-bond donors (Lipinski definition) is 0. The molecule has 1 aromatic heterocycles. The van der Waals surface area contributed by atoms with Crippen LogP contribution in [0.15, 0.2) is 83.9 Å². The number of aromatic nitrogens is 1. The van der Waals surface area contributed by atoms with Gasteiger partial charge in [0, 0.05) is 46.4 Å². The van der Waals surface area contributed by atoms with E-state index in [2.05, 4.69) is 4.57 Å². The normalized spacial score (nSPS) is 15.0. The van der Waals surface area contributed by atoms with Crippen LogP contribution in [0.3, 0.4) is 0 Å². The van der Waals surface area contributed by atoms with Crippen LogP contribution < -0.4 is 4.90 Å². The molecule has 34 heavy (non-hydrogen) atoms. The van der Waals surface area contributed by atoms with Crippen molar-refractivity contribution in [2.45, 2.75) is 6.54 Å². The first-order chi connectivity index (χ1) is 16.4. The van der Waals surface area contributed by atoms with Crippen molar-refractivity contribution in [3.05, 3.63) is 110 Å². The van der Waals surface area contributed by atoms with E-state index in [9.17, 15) is 14.9 Å². The Labute approximate surface area is 209 Å². The summed E-state index contributed by atoms with van der Waals surface area (Å²) in [5, 5.41) is 12.7. The predicted molar refractivity (Wildman–Crippen MR) is 141 cm³/mol. The lowest BCUT2D eigenvalue weighted by molar-refractivity contribution is -0.384. The summed E-state index contributed by atoms with van der Waals surface area (Å²) in [6, 6.07) is 21.5. The fourth-order valence-corrected chi connectivity index (χ4v) is 5.28. The van der Waals surface area contributed by atoms with Crippen LogP contribution in [0.5, 0.6) is 0 Å². The molecule has 9 heteroatoms. The summed E-state index contributed by atoms with van der Waals surface area (Å²) < 4.78 is 2.52. The average molecular weight is 506 g/mol. The molecule has 2 heterocycles. The smallest absolute Gasteiger partial charge is 0.270 e. The number of halogens is 1. The summed E-state index contributed by atoms with van der Waals surface area (Å²) in [5.74, 6) is -0.251. The maximum Gasteiger partial charge on any atom is 0.270 e. The summed E-state index contributed by atoms with van der Waals surface area (Å²) in [6.45, 7) is 0.662. The number of nitro benzene ring substituents is 1. The van der Waals surface area contributed by atoms with E-state index in [4.69, 9.17) is 23.8 Å². The standard InChI is InChI=1S/C25H16ClN3O3S2/c26-18-7-5-16(6-8-18)14-27-15-17(21-3-1-2-4-22(21)27)13-23-24(30)28(25(33)34-23)19-9-11-20(12-10-19)29(31)32/h1-13,15H,14H2/b23-13+. The summed E-state index contributed by atoms with van der Waals surface area (Å²) >= 11 is 12.7. The predicted octanol–water partition coefficient (Wildman–Crippen LogP) is 6.66. The Hall–Kier alpha value is -3.46. The highest BCUT2D eigenvalue weighted by Gasteiger charge is 2.33. The van der Waals surface area contributed by atoms with Crippen molar-refractivity contribution in [1.82, 2.24) is 4.57 Å². The lowest BCUT2D eigenvalue weighted by Gasteiger charge is -2.13. The first kappa shape index (κ1) is 22.3. The average Bonchev–Trinajstić information content (AvgIpc) is 3.31. The number of nitro groups is 1. The lowest BCUT2D eigenvalue weighted by atomic mass is 10.1. The third-order valence-electron chi connectivity index (χ3n) is 5.48. The van der Waals surface area contributed by atoms with E-state index in [1.54, 1.807) is 0 Å². The van der Waals surface area contributed by atoms with Crippen molar-refractivity contribution in [2.24, 2.45) is 0 Å². The van der Waals surface area contributed by atoms with Crippen LogP contribution in [0.1, 0.15) is 11.1 Å². The number of anilines is 1. The zero-order valence-electron chi connectivity index (χ0n) is 17.6. The molecule has 1 saturated heterocycles. The van der Waals surface area contributed by atoms with Gasteiger partial charge in [-0.15, -0.1) is 0 Å². The molecule has 0 N–H and O–H groups in total. The lowest BCUT2D eigenvalue weighted by Crippen LogP contribution is -2.27. The molecule has 0 atom stereocenters. The van der Waals surface area contributed by atoms with Crippen LogP contribution in [0.4, 0.5) is 11.4 Å². The van der Waals surface area contributed by atoms with Crippen molar-refractivity contribution in [2.75, 3.05) is 4.90 Å². The van der Waals surface area contributed by atoms with E-state index in [-0.39, 0.29) is 11.6 Å². The highest BCUT2D eigenvalue weighted by Crippen LogP contribution is 2.37. The molecule has 6 nitrogen and oxygen atoms in total. The van der Waals surface area contributed by atoms with Crippen LogP contribution in [-0.4, -0.2) is 19.7 Å². The number of thioether (sulfide) groups is 1. The molecular formula is C25H16ClN3O3S2. The van der Waals surface area contributed by atoms with Gasteiger partial charge in [0.15, 0.2) is 4.32 Å². The van der Waals surface area contributed by atoms with Gasteiger partial charge in [-0.2, -0.15) is 0 Å². The summed E-state index contributed by atoms with van der Waals surface area (Å²) in [4.78, 5) is 25.6. The number of thiocarbonyl (C=S) groups is 1. The van der Waals surface area contributed by atoms with Gasteiger partial charge in [0.25, 0.3) is 11.6 Å². The second-order valence-corrected chi connectivity index (χ2v) is 9.76. The third-order valence-corrected chi connectivity index (χ3v) is 7.04. The van der Waals surface area contributed by atoms with Crippen molar-refractivity contribution >= 4 is 74.2 Å². The second kappa shape index (κ2) is 9.06. The zero-order valence-corrected chi connectivity index (χ0v) is 19.9. The van der Waals surface area contributed by atoms with Crippen LogP contribution in [0, 0.1) is 10.1 Å². The van der Waals surface area contributed by atoms with E-state index < -0.39 is 4.92 Å². The van der Waals surface area contributed by atoms with Crippen molar-refractivity contribution in [3.63, 3.8) is 0 Å². The van der Waals surface area contributed by atoms with Gasteiger partial charge < -0.3 is 4.57 Å². The number of rotatable bonds is 5. The van der Waals surface area contributed by atoms with Crippen molar-refractivity contribution < 1.29 is 9.72 Å². The van der Waals surface area contributed by atoms with Gasteiger partial charge in [0.1, 0.15) is 0 Å². The Balaban J connectivity index is 1.48. The molecule has 0 aliphatic carbocycles. The Morgan fingerprint density at radius 2 is 1.74 bits per heavy atom. The minimum absolute atomic E-state index is 0.0433. The second-order valence-electron chi connectivity index (χ2n) is 7.65. The van der Waals surface area contributed by atoms with Crippen LogP contribution >= 0.6 is 35.6 Å². The molecular weight excluding hydrogens is 490 g/mol. The number of non-ortho nitro benzene ring substituents is 1. The number of fused-ring (bicyclic) bond motifs is 1. The highest BCUT2D eigenvalue weighted by atomic mass is 35.5. The fourth-order valence-electron chi connectivity index (χ4n) is 3.86. The molecule has 0 unspecified atom stereocenters. The van der Waals surface area contributed by atoms with Crippen LogP contribution in [0.2, 0.25) is 5.02 Å². The number of amides is 1. The van der Waals surface area contributed by atoms with E-state index >= 15 is 0 Å². The molecule has 0 spiro atoms. The van der Waals surface area contributed by atoms with E-state index in [1.165, 1.54) is 40.9 Å². The molecule has 4 aromatic rings. The van der Waals surface area contributed by atoms with E-state index in [0.29, 0.717) is 26.5 Å². The Kier molecular flexibility index (Phi) is 5.95. The Morgan fingerprint density at radius 1 is 1.03 bits per heavy atom. The largest absolute Gasteiger partial charge is 0.342 e. The van der Waals surface area contributed by atoms with Gasteiger partial charge >= 0.3 is 0 Å². The molecule has 0 radical (unpaired) electrons. The Morgan fingerprint density at radius 3 is 2.44 bits per heavy atom. The number of benzene rings is 3. The molecule has 5 rings (SSSR count). The minimum Gasteiger partial charge on any atom is -0.342 e. The molecule has 168 valence electrons. The number of carbonyl (C=O) groups is 1. The molecule has 1 amide bonds. The van der Waals surface area contributed by atoms with Gasteiger partial charge in [-0.25, -0.2) is 0 Å². The quantitative estimate of drug-likeness (QED) is 0.131. The molecule has 3 aromatic carbocycles. The fraction of sp³-hybridized carbons (Fsp3) is 0.0400. The first-order valence-electron chi connectivity index (χ1n) is 10.3. The summed E-state index contributed by atoms with van der Waals surface area (Å²) in [5.41, 5.74) is 3.53. The van der Waals surface area contributed by atoms with E-state index in [1.807, 2.05) is 60.8 Å². The van der Waals surface area contributed by atoms with Crippen molar-refractivity contribution in [1.29, 1.82) is 0 Å². The summed E-state index contributed by atoms with van der Waals surface area (Å²) in [6.07, 6.45) is 3.88. The van der Waals surface area contributed by atoms with E-state index in [0.717, 1.165) is 22.0 Å². The molecule has 1 aliphatic heterocycles. The van der Waals surface area contributed by atoms with Gasteiger partial charge in [0.05, 0.1) is 15.5 Å². The molecule has 0 saturated carbocycles. The molecule has 1 fully saturated rings. The van der Waals surface area contributed by atoms with Gasteiger partial charge in [-0.3, -0.25) is 19.8 Å². The zero-order chi connectivity index (χ0) is 23.8.